The summed E-state index contributed by atoms with van der Waals surface area (Å²) in [6.45, 7) is 2.75. The fourth-order valence-electron chi connectivity index (χ4n) is 1.77. The summed E-state index contributed by atoms with van der Waals surface area (Å²) in [6.07, 6.45) is 2.91. The first kappa shape index (κ1) is 10.3. The van der Waals surface area contributed by atoms with Gasteiger partial charge in [-0.2, -0.15) is 5.26 Å². The highest BCUT2D eigenvalue weighted by Gasteiger charge is 2.00. The maximum atomic E-state index is 8.80. The summed E-state index contributed by atoms with van der Waals surface area (Å²) in [5.41, 5.74) is 1.87. The normalized spacial score (nSPS) is 9.50. The molecule has 0 radical (unpaired) electrons. The fourth-order valence-corrected chi connectivity index (χ4v) is 1.77. The molecule has 0 fully saturated rings. The van der Waals surface area contributed by atoms with Crippen molar-refractivity contribution >= 4 is 10.9 Å². The van der Waals surface area contributed by atoms with Gasteiger partial charge in [-0.25, -0.2) is 0 Å². The Balaban J connectivity index is 2.34. The highest BCUT2D eigenvalue weighted by atomic mass is 14.9. The zero-order valence-corrected chi connectivity index (χ0v) is 9.20. The van der Waals surface area contributed by atoms with Gasteiger partial charge in [0.1, 0.15) is 0 Å². The van der Waals surface area contributed by atoms with Crippen LogP contribution >= 0.6 is 0 Å². The van der Waals surface area contributed by atoms with E-state index in [-0.39, 0.29) is 0 Å². The Labute approximate surface area is 95.1 Å². The van der Waals surface area contributed by atoms with E-state index in [1.807, 2.05) is 37.4 Å². The number of rotatable bonds is 2. The van der Waals surface area contributed by atoms with Gasteiger partial charge in [0, 0.05) is 30.1 Å². The molecule has 2 nitrogen and oxygen atoms in total. The van der Waals surface area contributed by atoms with Crippen LogP contribution in [0.15, 0.2) is 30.5 Å². The van der Waals surface area contributed by atoms with Crippen molar-refractivity contribution in [1.82, 2.24) is 4.57 Å². The lowest BCUT2D eigenvalue weighted by Gasteiger charge is -2.01. The molecule has 2 aromatic rings. The number of hydrogen-bond donors (Lipinski definition) is 0. The van der Waals surface area contributed by atoms with Gasteiger partial charge in [-0.05, 0) is 31.2 Å². The number of benzene rings is 1. The van der Waals surface area contributed by atoms with Gasteiger partial charge in [-0.1, -0.05) is 0 Å². The van der Waals surface area contributed by atoms with Gasteiger partial charge in [0.05, 0.1) is 11.6 Å². The van der Waals surface area contributed by atoms with Crippen molar-refractivity contribution in [2.45, 2.75) is 19.9 Å². The van der Waals surface area contributed by atoms with Crippen LogP contribution < -0.4 is 0 Å². The quantitative estimate of drug-likeness (QED) is 0.697. The average molecular weight is 208 g/mol. The van der Waals surface area contributed by atoms with E-state index < -0.39 is 0 Å². The topological polar surface area (TPSA) is 28.7 Å². The van der Waals surface area contributed by atoms with Crippen LogP contribution in [-0.4, -0.2) is 4.57 Å². The lowest BCUT2D eigenvalue weighted by molar-refractivity contribution is 0.749. The Kier molecular flexibility index (Phi) is 2.94. The van der Waals surface area contributed by atoms with Crippen LogP contribution in [0.25, 0.3) is 10.9 Å². The van der Waals surface area contributed by atoms with E-state index in [1.54, 1.807) is 0 Å². The molecule has 0 amide bonds. The van der Waals surface area contributed by atoms with E-state index in [0.29, 0.717) is 5.56 Å². The molecule has 0 N–H and O–H groups in total. The predicted octanol–water partition coefficient (Wildman–Crippen LogP) is 2.93. The van der Waals surface area contributed by atoms with Crippen LogP contribution in [0.3, 0.4) is 0 Å². The Hall–Kier alpha value is -2.19. The summed E-state index contributed by atoms with van der Waals surface area (Å²) in [5, 5.41) is 9.92. The minimum Gasteiger partial charge on any atom is -0.347 e. The monoisotopic (exact) mass is 208 g/mol. The first-order chi connectivity index (χ1) is 7.85. The number of aromatic nitrogens is 1. The Morgan fingerprint density at radius 3 is 2.94 bits per heavy atom. The van der Waals surface area contributed by atoms with Crippen LogP contribution in [0.5, 0.6) is 0 Å². The van der Waals surface area contributed by atoms with Crippen LogP contribution in [-0.2, 0) is 6.54 Å². The SMILES string of the molecule is CC#CCCn1ccc2cc(C#N)ccc21. The fraction of sp³-hybridized carbons (Fsp3) is 0.214. The molecule has 0 saturated carbocycles. The van der Waals surface area contributed by atoms with Crippen molar-refractivity contribution in [3.63, 3.8) is 0 Å². The molecule has 1 aromatic carbocycles. The highest BCUT2D eigenvalue weighted by Crippen LogP contribution is 2.17. The smallest absolute Gasteiger partial charge is 0.0991 e. The summed E-state index contributed by atoms with van der Waals surface area (Å²) in [7, 11) is 0. The predicted molar refractivity (Wildman–Crippen MR) is 64.7 cm³/mol. The zero-order valence-electron chi connectivity index (χ0n) is 9.20. The van der Waals surface area contributed by atoms with Gasteiger partial charge < -0.3 is 4.57 Å². The molecule has 1 heterocycles. The average Bonchev–Trinajstić information content (AvgIpc) is 2.72. The molecule has 0 aliphatic rings. The second-order valence-corrected chi connectivity index (χ2v) is 3.57. The van der Waals surface area contributed by atoms with Crippen molar-refractivity contribution < 1.29 is 0 Å². The van der Waals surface area contributed by atoms with Gasteiger partial charge >= 0.3 is 0 Å². The molecule has 0 atom stereocenters. The van der Waals surface area contributed by atoms with E-state index in [9.17, 15) is 0 Å². The second-order valence-electron chi connectivity index (χ2n) is 3.57. The van der Waals surface area contributed by atoms with Gasteiger partial charge in [0.2, 0.25) is 0 Å². The second kappa shape index (κ2) is 4.55. The molecule has 16 heavy (non-hydrogen) atoms. The summed E-state index contributed by atoms with van der Waals surface area (Å²) in [5.74, 6) is 5.94. The zero-order chi connectivity index (χ0) is 11.4. The number of hydrogen-bond acceptors (Lipinski definition) is 1. The van der Waals surface area contributed by atoms with E-state index >= 15 is 0 Å². The summed E-state index contributed by atoms with van der Waals surface area (Å²) < 4.78 is 2.17. The Morgan fingerprint density at radius 1 is 1.31 bits per heavy atom. The van der Waals surface area contributed by atoms with Gasteiger partial charge in [0.25, 0.3) is 0 Å². The molecule has 0 bridgehead atoms. The third kappa shape index (κ3) is 1.92. The van der Waals surface area contributed by atoms with Crippen molar-refractivity contribution in [3.8, 4) is 17.9 Å². The summed E-state index contributed by atoms with van der Waals surface area (Å²) in [4.78, 5) is 0. The van der Waals surface area contributed by atoms with Gasteiger partial charge in [-0.3, -0.25) is 0 Å². The van der Waals surface area contributed by atoms with Crippen LogP contribution in [0.1, 0.15) is 18.9 Å². The molecule has 0 unspecified atom stereocenters. The molecule has 0 spiro atoms. The number of nitriles is 1. The lowest BCUT2D eigenvalue weighted by Crippen LogP contribution is -1.94. The van der Waals surface area contributed by atoms with Crippen molar-refractivity contribution in [2.24, 2.45) is 0 Å². The molecule has 0 aliphatic heterocycles. The number of aryl methyl sites for hydroxylation is 1. The maximum Gasteiger partial charge on any atom is 0.0991 e. The third-order valence-corrected chi connectivity index (χ3v) is 2.55. The summed E-state index contributed by atoms with van der Waals surface area (Å²) >= 11 is 0. The Bertz CT molecular complexity index is 603. The molecule has 78 valence electrons. The maximum absolute atomic E-state index is 8.80. The van der Waals surface area contributed by atoms with E-state index in [0.717, 1.165) is 23.9 Å². The Morgan fingerprint density at radius 2 is 2.19 bits per heavy atom. The first-order valence-corrected chi connectivity index (χ1v) is 5.24. The minimum atomic E-state index is 0.707. The van der Waals surface area contributed by atoms with E-state index in [2.05, 4.69) is 22.5 Å². The van der Waals surface area contributed by atoms with Gasteiger partial charge in [0.15, 0.2) is 0 Å². The van der Waals surface area contributed by atoms with Crippen LogP contribution in [0, 0.1) is 23.2 Å². The van der Waals surface area contributed by atoms with Crippen molar-refractivity contribution in [1.29, 1.82) is 5.26 Å². The molecule has 2 heteroatoms. The third-order valence-electron chi connectivity index (χ3n) is 2.55. The molecule has 2 rings (SSSR count). The molecular formula is C14H12N2. The standard InChI is InChI=1S/C14H12N2/c1-2-3-4-8-16-9-7-13-10-12(11-15)5-6-14(13)16/h5-7,9-10H,4,8H2,1H3. The largest absolute Gasteiger partial charge is 0.347 e. The molecule has 0 saturated heterocycles. The minimum absolute atomic E-state index is 0.707. The van der Waals surface area contributed by atoms with E-state index in [1.165, 1.54) is 0 Å². The van der Waals surface area contributed by atoms with Gasteiger partial charge in [-0.15, -0.1) is 11.8 Å². The molecule has 1 aromatic heterocycles. The molecule has 0 aliphatic carbocycles. The van der Waals surface area contributed by atoms with Crippen molar-refractivity contribution in [2.75, 3.05) is 0 Å². The molecular weight excluding hydrogens is 196 g/mol. The number of fused-ring (bicyclic) bond motifs is 1. The van der Waals surface area contributed by atoms with Crippen LogP contribution in [0.2, 0.25) is 0 Å². The highest BCUT2D eigenvalue weighted by molar-refractivity contribution is 5.81. The lowest BCUT2D eigenvalue weighted by atomic mass is 10.2. The van der Waals surface area contributed by atoms with Crippen LogP contribution in [0.4, 0.5) is 0 Å². The summed E-state index contributed by atoms with van der Waals surface area (Å²) in [6, 6.07) is 9.95. The first-order valence-electron chi connectivity index (χ1n) is 5.24. The van der Waals surface area contributed by atoms with E-state index in [4.69, 9.17) is 5.26 Å². The number of nitrogens with zero attached hydrogens (tertiary/aromatic N) is 2. The van der Waals surface area contributed by atoms with Crippen molar-refractivity contribution in [3.05, 3.63) is 36.0 Å².